The average molecular weight is 422 g/mol. The Morgan fingerprint density at radius 1 is 1.39 bits per heavy atom. The van der Waals surface area contributed by atoms with Gasteiger partial charge in [0.2, 0.25) is 0 Å². The van der Waals surface area contributed by atoms with Crippen LogP contribution in [0, 0.1) is 0 Å². The summed E-state index contributed by atoms with van der Waals surface area (Å²) in [6.45, 7) is 0.132. The number of rotatable bonds is 9. The fraction of sp³-hybridized carbons (Fsp3) is 0.727. The van der Waals surface area contributed by atoms with E-state index < -0.39 is 34.4 Å². The highest BCUT2D eigenvalue weighted by Gasteiger charge is 2.49. The molecule has 3 amide bonds. The van der Waals surface area contributed by atoms with Crippen LogP contribution < -0.4 is 16.0 Å². The van der Waals surface area contributed by atoms with Crippen molar-refractivity contribution in [2.45, 2.75) is 31.5 Å². The minimum Gasteiger partial charge on any atom is -0.447 e. The van der Waals surface area contributed by atoms with Crippen LogP contribution in [-0.4, -0.2) is 87.0 Å². The predicted octanol–water partition coefficient (Wildman–Crippen LogP) is -2.98. The molecule has 0 spiro atoms. The highest BCUT2D eigenvalue weighted by Crippen LogP contribution is 2.30. The molecular formula is C11H18N8O8S. The number of nitrogens with zero attached hydrogens (tertiary/aromatic N) is 6. The largest absolute Gasteiger partial charge is 0.447 e. The van der Waals surface area contributed by atoms with Crippen molar-refractivity contribution in [3.05, 3.63) is 0 Å². The number of hydrogen-bond donors (Lipinski definition) is 3. The Hall–Kier alpha value is -2.60. The number of nitrogens with one attached hydrogen (secondary N) is 1. The topological polar surface area (TPSA) is 204 Å². The molecule has 3 heterocycles. The zero-order valence-corrected chi connectivity index (χ0v) is 15.2. The maximum atomic E-state index is 12.3. The summed E-state index contributed by atoms with van der Waals surface area (Å²) in [5.74, 6) is -0.587. The molecule has 2 aliphatic heterocycles. The van der Waals surface area contributed by atoms with Crippen LogP contribution >= 0.6 is 0 Å². The molecule has 0 unspecified atom stereocenters. The van der Waals surface area contributed by atoms with Crippen LogP contribution in [0.5, 0.6) is 6.01 Å². The summed E-state index contributed by atoms with van der Waals surface area (Å²) in [6.07, 6.45) is 0.568. The van der Waals surface area contributed by atoms with E-state index in [0.717, 1.165) is 4.90 Å². The molecule has 2 atom stereocenters. The minimum atomic E-state index is -4.85. The van der Waals surface area contributed by atoms with E-state index >= 15 is 0 Å². The van der Waals surface area contributed by atoms with E-state index in [4.69, 9.17) is 19.9 Å². The molecule has 4 N–H and O–H groups in total. The first-order valence-electron chi connectivity index (χ1n) is 8.07. The van der Waals surface area contributed by atoms with Crippen molar-refractivity contribution in [2.75, 3.05) is 19.9 Å². The number of aromatic nitrogens is 4. The molecule has 16 nitrogen and oxygen atoms in total. The van der Waals surface area contributed by atoms with E-state index in [9.17, 15) is 18.0 Å². The van der Waals surface area contributed by atoms with Gasteiger partial charge in [0, 0.05) is 6.54 Å². The molecule has 2 fully saturated rings. The first kappa shape index (κ1) is 20.1. The number of hydrogen-bond acceptors (Lipinski definition) is 11. The summed E-state index contributed by atoms with van der Waals surface area (Å²) < 4.78 is 41.0. The first-order chi connectivity index (χ1) is 13.3. The number of tetrazole rings is 1. The van der Waals surface area contributed by atoms with E-state index in [2.05, 4.69) is 25.3 Å². The molecule has 1 aromatic heterocycles. The van der Waals surface area contributed by atoms with Gasteiger partial charge < -0.3 is 9.64 Å². The number of piperidine rings is 1. The number of urea groups is 1. The van der Waals surface area contributed by atoms with Crippen molar-refractivity contribution in [3.8, 4) is 6.01 Å². The molecule has 0 saturated carbocycles. The van der Waals surface area contributed by atoms with Crippen LogP contribution in [0.15, 0.2) is 0 Å². The van der Waals surface area contributed by atoms with Crippen molar-refractivity contribution in [3.63, 3.8) is 0 Å². The number of fused-ring (bicyclic) bond motifs is 2. The Balaban J connectivity index is 1.49. The van der Waals surface area contributed by atoms with Crippen LogP contribution in [0.2, 0.25) is 0 Å². The average Bonchev–Trinajstić information content (AvgIpc) is 3.16. The third-order valence-corrected chi connectivity index (χ3v) is 4.44. The SMILES string of the molecule is NCOc1nnnn1CCONC(=O)[C@@H]1CC[C@@H]2CN1C(=O)N2OS(=O)(=O)O. The monoisotopic (exact) mass is 422 g/mol. The summed E-state index contributed by atoms with van der Waals surface area (Å²) in [4.78, 5) is 30.8. The van der Waals surface area contributed by atoms with Gasteiger partial charge in [0.15, 0.2) is 0 Å². The minimum absolute atomic E-state index is 0.000997. The van der Waals surface area contributed by atoms with Gasteiger partial charge in [0.05, 0.1) is 19.2 Å². The Bertz CT molecular complexity index is 830. The van der Waals surface area contributed by atoms with Gasteiger partial charge in [-0.05, 0) is 23.3 Å². The molecule has 3 rings (SSSR count). The number of amides is 3. The molecule has 0 radical (unpaired) electrons. The lowest BCUT2D eigenvalue weighted by Gasteiger charge is -2.28. The lowest BCUT2D eigenvalue weighted by atomic mass is 10.0. The Kier molecular flexibility index (Phi) is 5.89. The van der Waals surface area contributed by atoms with Gasteiger partial charge in [-0.15, -0.1) is 4.28 Å². The third-order valence-electron chi connectivity index (χ3n) is 4.09. The Morgan fingerprint density at radius 2 is 2.18 bits per heavy atom. The van der Waals surface area contributed by atoms with E-state index in [1.807, 2.05) is 0 Å². The molecular weight excluding hydrogens is 404 g/mol. The van der Waals surface area contributed by atoms with E-state index in [-0.39, 0.29) is 38.9 Å². The molecule has 0 aliphatic carbocycles. The van der Waals surface area contributed by atoms with Crippen molar-refractivity contribution in [1.29, 1.82) is 0 Å². The summed E-state index contributed by atoms with van der Waals surface area (Å²) in [5, 5.41) is 11.2. The zero-order valence-electron chi connectivity index (χ0n) is 14.4. The summed E-state index contributed by atoms with van der Waals surface area (Å²) in [7, 11) is -4.85. The van der Waals surface area contributed by atoms with Crippen molar-refractivity contribution < 1.29 is 36.4 Å². The molecule has 2 aliphatic rings. The second-order valence-electron chi connectivity index (χ2n) is 5.82. The standard InChI is InChI=1S/C11H18N8O8S/c12-6-25-10-13-15-16-18(10)3-4-26-14-9(20)8-2-1-7-5-17(8)11(21)19(7)27-28(22,23)24/h7-8H,1-6,12H2,(H,14,20)(H,22,23,24)/t7-,8+/m1/s1. The van der Waals surface area contributed by atoms with Crippen LogP contribution in [0.3, 0.4) is 0 Å². The molecule has 2 bridgehead atoms. The van der Waals surface area contributed by atoms with Crippen LogP contribution in [0.25, 0.3) is 0 Å². The summed E-state index contributed by atoms with van der Waals surface area (Å²) >= 11 is 0. The quantitative estimate of drug-likeness (QED) is 0.158. The number of carbonyl (C=O) groups excluding carboxylic acids is 2. The van der Waals surface area contributed by atoms with Crippen LogP contribution in [-0.2, 0) is 30.9 Å². The molecule has 17 heteroatoms. The second kappa shape index (κ2) is 8.19. The van der Waals surface area contributed by atoms with E-state index in [0.29, 0.717) is 11.5 Å². The summed E-state index contributed by atoms with van der Waals surface area (Å²) in [6, 6.07) is -2.20. The number of nitrogens with two attached hydrogens (primary N) is 1. The van der Waals surface area contributed by atoms with Crippen molar-refractivity contribution >= 4 is 22.3 Å². The molecule has 1 aromatic rings. The van der Waals surface area contributed by atoms with Crippen LogP contribution in [0.1, 0.15) is 12.8 Å². The van der Waals surface area contributed by atoms with Gasteiger partial charge in [-0.3, -0.25) is 19.9 Å². The van der Waals surface area contributed by atoms with E-state index in [1.165, 1.54) is 4.68 Å². The first-order valence-corrected chi connectivity index (χ1v) is 9.44. The normalized spacial score (nSPS) is 21.9. The maximum Gasteiger partial charge on any atom is 0.418 e. The van der Waals surface area contributed by atoms with Crippen LogP contribution in [0.4, 0.5) is 4.79 Å². The van der Waals surface area contributed by atoms with Gasteiger partial charge in [0.25, 0.3) is 5.91 Å². The molecule has 156 valence electrons. The molecule has 0 aromatic carbocycles. The zero-order chi connectivity index (χ0) is 20.3. The fourth-order valence-corrected chi connectivity index (χ4v) is 3.33. The highest BCUT2D eigenvalue weighted by molar-refractivity contribution is 7.80. The van der Waals surface area contributed by atoms with Gasteiger partial charge in [0.1, 0.15) is 12.8 Å². The second-order valence-corrected chi connectivity index (χ2v) is 6.82. The molecule has 2 saturated heterocycles. The Labute approximate surface area is 158 Å². The van der Waals surface area contributed by atoms with Crippen molar-refractivity contribution in [2.24, 2.45) is 5.73 Å². The van der Waals surface area contributed by atoms with Gasteiger partial charge in [-0.25, -0.2) is 10.3 Å². The number of carbonyl (C=O) groups is 2. The number of hydroxylamine groups is 3. The lowest BCUT2D eigenvalue weighted by molar-refractivity contribution is -0.139. The predicted molar refractivity (Wildman–Crippen MR) is 85.0 cm³/mol. The Morgan fingerprint density at radius 3 is 2.89 bits per heavy atom. The lowest BCUT2D eigenvalue weighted by Crippen LogP contribution is -2.49. The maximum absolute atomic E-state index is 12.3. The molecule has 28 heavy (non-hydrogen) atoms. The smallest absolute Gasteiger partial charge is 0.418 e. The van der Waals surface area contributed by atoms with Gasteiger partial charge in [-0.2, -0.15) is 18.2 Å². The van der Waals surface area contributed by atoms with Gasteiger partial charge >= 0.3 is 22.4 Å². The van der Waals surface area contributed by atoms with Crippen molar-refractivity contribution in [1.82, 2.24) is 35.7 Å². The third kappa shape index (κ3) is 4.44. The van der Waals surface area contributed by atoms with E-state index in [1.54, 1.807) is 0 Å². The fourth-order valence-electron chi connectivity index (χ4n) is 2.94. The highest BCUT2D eigenvalue weighted by atomic mass is 32.3. The summed E-state index contributed by atoms with van der Waals surface area (Å²) in [5.41, 5.74) is 7.46. The number of ether oxygens (including phenoxy) is 1. The van der Waals surface area contributed by atoms with Gasteiger partial charge in [-0.1, -0.05) is 5.10 Å².